The summed E-state index contributed by atoms with van der Waals surface area (Å²) >= 11 is 12.0. The molecule has 10 heteroatoms. The zero-order chi connectivity index (χ0) is 25.5. The van der Waals surface area contributed by atoms with E-state index in [2.05, 4.69) is 5.32 Å². The Hall–Kier alpha value is -2.29. The van der Waals surface area contributed by atoms with Crippen molar-refractivity contribution in [2.24, 2.45) is 0 Å². The predicted molar refractivity (Wildman–Crippen MR) is 138 cm³/mol. The highest BCUT2D eigenvalue weighted by molar-refractivity contribution is 7.92. The Balaban J connectivity index is 2.33. The lowest BCUT2D eigenvalue weighted by molar-refractivity contribution is -0.139. The van der Waals surface area contributed by atoms with Crippen molar-refractivity contribution in [2.75, 3.05) is 23.7 Å². The van der Waals surface area contributed by atoms with E-state index in [4.69, 9.17) is 23.2 Å². The van der Waals surface area contributed by atoms with Crippen molar-refractivity contribution in [3.8, 4) is 0 Å². The number of carbonyl (C=O) groups is 2. The van der Waals surface area contributed by atoms with Crippen LogP contribution in [0.1, 0.15) is 32.8 Å². The first kappa shape index (κ1) is 28.0. The molecule has 34 heavy (non-hydrogen) atoms. The lowest BCUT2D eigenvalue weighted by Gasteiger charge is -2.32. The van der Waals surface area contributed by atoms with Crippen LogP contribution in [-0.4, -0.2) is 56.6 Å². The van der Waals surface area contributed by atoms with Crippen LogP contribution >= 0.6 is 23.2 Å². The second-order valence-corrected chi connectivity index (χ2v) is 10.9. The zero-order valence-corrected chi connectivity index (χ0v) is 22.1. The van der Waals surface area contributed by atoms with Crippen LogP contribution in [0.15, 0.2) is 48.5 Å². The Morgan fingerprint density at radius 2 is 1.68 bits per heavy atom. The van der Waals surface area contributed by atoms with Gasteiger partial charge in [-0.2, -0.15) is 0 Å². The van der Waals surface area contributed by atoms with Crippen LogP contribution in [0.2, 0.25) is 10.0 Å². The summed E-state index contributed by atoms with van der Waals surface area (Å²) in [6, 6.07) is 13.1. The van der Waals surface area contributed by atoms with Gasteiger partial charge in [0.15, 0.2) is 0 Å². The molecule has 2 aromatic rings. The monoisotopic (exact) mass is 527 g/mol. The quantitative estimate of drug-likeness (QED) is 0.475. The van der Waals surface area contributed by atoms with E-state index in [0.717, 1.165) is 22.5 Å². The lowest BCUT2D eigenvalue weighted by atomic mass is 10.1. The van der Waals surface area contributed by atoms with Crippen LogP contribution in [0, 0.1) is 0 Å². The summed E-state index contributed by atoms with van der Waals surface area (Å²) in [6.45, 7) is 5.25. The Morgan fingerprint density at radius 3 is 2.24 bits per heavy atom. The molecule has 0 heterocycles. The molecular weight excluding hydrogens is 497 g/mol. The summed E-state index contributed by atoms with van der Waals surface area (Å²) in [4.78, 5) is 27.7. The van der Waals surface area contributed by atoms with Gasteiger partial charge in [0.1, 0.15) is 12.6 Å². The molecule has 2 atom stereocenters. The molecule has 0 radical (unpaired) electrons. The average Bonchev–Trinajstić information content (AvgIpc) is 2.79. The van der Waals surface area contributed by atoms with Crippen LogP contribution in [0.5, 0.6) is 0 Å². The van der Waals surface area contributed by atoms with Crippen LogP contribution in [0.4, 0.5) is 5.69 Å². The largest absolute Gasteiger partial charge is 0.352 e. The standard InChI is InChI=1S/C24H31Cl2N3O4S/c1-5-17(2)27-24(31)18(3)28(14-13-19-9-7-6-8-10-19)23(30)16-29(34(4,32)33)20-11-12-21(25)22(26)15-20/h6-12,15,17-18H,5,13-14,16H2,1-4H3,(H,27,31)/t17-,18-/m0/s1. The summed E-state index contributed by atoms with van der Waals surface area (Å²) in [5, 5.41) is 3.33. The number of hydrogen-bond acceptors (Lipinski definition) is 4. The van der Waals surface area contributed by atoms with Gasteiger partial charge in [-0.25, -0.2) is 8.42 Å². The fraction of sp³-hybridized carbons (Fsp3) is 0.417. The summed E-state index contributed by atoms with van der Waals surface area (Å²) in [7, 11) is -3.83. The van der Waals surface area contributed by atoms with Gasteiger partial charge >= 0.3 is 0 Å². The van der Waals surface area contributed by atoms with E-state index in [1.54, 1.807) is 6.92 Å². The van der Waals surface area contributed by atoms with Crippen molar-refractivity contribution in [1.82, 2.24) is 10.2 Å². The lowest BCUT2D eigenvalue weighted by Crippen LogP contribution is -2.53. The molecule has 0 unspecified atom stereocenters. The molecule has 2 rings (SSSR count). The van der Waals surface area contributed by atoms with E-state index in [0.29, 0.717) is 6.42 Å². The van der Waals surface area contributed by atoms with Crippen molar-refractivity contribution in [2.45, 2.75) is 45.7 Å². The summed E-state index contributed by atoms with van der Waals surface area (Å²) in [6.07, 6.45) is 2.27. The van der Waals surface area contributed by atoms with Gasteiger partial charge < -0.3 is 10.2 Å². The van der Waals surface area contributed by atoms with E-state index in [9.17, 15) is 18.0 Å². The number of hydrogen-bond donors (Lipinski definition) is 1. The summed E-state index contributed by atoms with van der Waals surface area (Å²) in [5.74, 6) is -0.796. The Morgan fingerprint density at radius 1 is 1.03 bits per heavy atom. The minimum Gasteiger partial charge on any atom is -0.352 e. The molecule has 0 aromatic heterocycles. The fourth-order valence-corrected chi connectivity index (χ4v) is 4.42. The molecule has 0 aliphatic heterocycles. The molecule has 7 nitrogen and oxygen atoms in total. The molecule has 0 aliphatic rings. The molecule has 2 amide bonds. The van der Waals surface area contributed by atoms with Crippen molar-refractivity contribution >= 4 is 50.7 Å². The van der Waals surface area contributed by atoms with Crippen LogP contribution in [0.3, 0.4) is 0 Å². The van der Waals surface area contributed by atoms with Crippen molar-refractivity contribution in [3.63, 3.8) is 0 Å². The third kappa shape index (κ3) is 7.89. The van der Waals surface area contributed by atoms with Gasteiger partial charge in [-0.15, -0.1) is 0 Å². The van der Waals surface area contributed by atoms with E-state index in [-0.39, 0.29) is 34.2 Å². The maximum absolute atomic E-state index is 13.4. The third-order valence-electron chi connectivity index (χ3n) is 5.52. The van der Waals surface area contributed by atoms with Crippen molar-refractivity contribution < 1.29 is 18.0 Å². The number of nitrogens with zero attached hydrogens (tertiary/aromatic N) is 2. The minimum absolute atomic E-state index is 0.0512. The van der Waals surface area contributed by atoms with Gasteiger partial charge in [0.25, 0.3) is 0 Å². The summed E-state index contributed by atoms with van der Waals surface area (Å²) in [5.41, 5.74) is 1.21. The first-order chi connectivity index (χ1) is 15.9. The number of amides is 2. The van der Waals surface area contributed by atoms with Gasteiger partial charge in [0.05, 0.1) is 22.0 Å². The first-order valence-corrected chi connectivity index (χ1v) is 13.6. The topological polar surface area (TPSA) is 86.8 Å². The highest BCUT2D eigenvalue weighted by Gasteiger charge is 2.30. The minimum atomic E-state index is -3.83. The second-order valence-electron chi connectivity index (χ2n) is 8.18. The molecule has 0 saturated heterocycles. The van der Waals surface area contributed by atoms with E-state index in [1.807, 2.05) is 44.2 Å². The number of nitrogens with one attached hydrogen (secondary N) is 1. The van der Waals surface area contributed by atoms with Crippen molar-refractivity contribution in [3.05, 3.63) is 64.1 Å². The maximum atomic E-state index is 13.4. The fourth-order valence-electron chi connectivity index (χ4n) is 3.29. The normalized spacial score (nSPS) is 13.1. The Labute approximate surface area is 212 Å². The van der Waals surface area contributed by atoms with Gasteiger partial charge in [0.2, 0.25) is 21.8 Å². The maximum Gasteiger partial charge on any atom is 0.244 e. The highest BCUT2D eigenvalue weighted by Crippen LogP contribution is 2.28. The number of sulfonamides is 1. The third-order valence-corrected chi connectivity index (χ3v) is 7.40. The molecule has 0 saturated carbocycles. The number of benzene rings is 2. The molecule has 0 spiro atoms. The van der Waals surface area contributed by atoms with Crippen LogP contribution < -0.4 is 9.62 Å². The Kier molecular flexibility index (Phi) is 10.2. The SMILES string of the molecule is CC[C@H](C)NC(=O)[C@H](C)N(CCc1ccccc1)C(=O)CN(c1ccc(Cl)c(Cl)c1)S(C)(=O)=O. The Bertz CT molecular complexity index is 1100. The van der Waals surface area contributed by atoms with Gasteiger partial charge in [-0.1, -0.05) is 60.5 Å². The van der Waals surface area contributed by atoms with Crippen LogP contribution in [0.25, 0.3) is 0 Å². The average molecular weight is 529 g/mol. The number of rotatable bonds is 11. The smallest absolute Gasteiger partial charge is 0.244 e. The highest BCUT2D eigenvalue weighted by atomic mass is 35.5. The molecule has 0 bridgehead atoms. The predicted octanol–water partition coefficient (Wildman–Crippen LogP) is 4.13. The molecule has 2 aromatic carbocycles. The van der Waals surface area contributed by atoms with Crippen molar-refractivity contribution in [1.29, 1.82) is 0 Å². The van der Waals surface area contributed by atoms with Gasteiger partial charge in [-0.3, -0.25) is 13.9 Å². The van der Waals surface area contributed by atoms with E-state index >= 15 is 0 Å². The first-order valence-electron chi connectivity index (χ1n) is 11.0. The van der Waals surface area contributed by atoms with E-state index in [1.165, 1.54) is 23.1 Å². The van der Waals surface area contributed by atoms with Crippen LogP contribution in [-0.2, 0) is 26.0 Å². The molecule has 0 aliphatic carbocycles. The number of halogens is 2. The molecule has 186 valence electrons. The van der Waals surface area contributed by atoms with Gasteiger partial charge in [-0.05, 0) is 50.5 Å². The number of carbonyl (C=O) groups excluding carboxylic acids is 2. The zero-order valence-electron chi connectivity index (χ0n) is 19.8. The van der Waals surface area contributed by atoms with Gasteiger partial charge in [0, 0.05) is 12.6 Å². The summed E-state index contributed by atoms with van der Waals surface area (Å²) < 4.78 is 26.1. The number of anilines is 1. The van der Waals surface area contributed by atoms with E-state index < -0.39 is 28.5 Å². The molecule has 1 N–H and O–H groups in total. The molecular formula is C24H31Cl2N3O4S. The second kappa shape index (κ2) is 12.4. The molecule has 0 fully saturated rings.